The third-order valence-electron chi connectivity index (χ3n) is 1.59. The fourth-order valence-corrected chi connectivity index (χ4v) is 0.955. The van der Waals surface area contributed by atoms with E-state index in [1.54, 1.807) is 25.5 Å². The Bertz CT molecular complexity index is 286. The summed E-state index contributed by atoms with van der Waals surface area (Å²) >= 11 is 0. The molecule has 0 saturated heterocycles. The van der Waals surface area contributed by atoms with Gasteiger partial charge in [-0.25, -0.2) is 4.39 Å². The van der Waals surface area contributed by atoms with Crippen molar-refractivity contribution in [3.63, 3.8) is 0 Å². The summed E-state index contributed by atoms with van der Waals surface area (Å²) in [6.45, 7) is 2.08. The summed E-state index contributed by atoms with van der Waals surface area (Å²) in [6, 6.07) is 4.71. The van der Waals surface area contributed by atoms with Gasteiger partial charge in [0.2, 0.25) is 0 Å². The quantitative estimate of drug-likeness (QED) is 0.673. The van der Waals surface area contributed by atoms with E-state index in [0.717, 1.165) is 5.56 Å². The lowest BCUT2D eigenvalue weighted by Gasteiger charge is -2.01. The first-order chi connectivity index (χ1) is 5.74. The van der Waals surface area contributed by atoms with E-state index in [9.17, 15) is 9.18 Å². The number of hydrogen-bond donors (Lipinski definition) is 1. The van der Waals surface area contributed by atoms with Crippen molar-refractivity contribution in [2.45, 2.75) is 13.5 Å². The normalized spacial score (nSPS) is 9.50. The molecule has 12 heavy (non-hydrogen) atoms. The zero-order valence-electron chi connectivity index (χ0n) is 6.73. The minimum absolute atomic E-state index is 0.228. The molecule has 3 heteroatoms. The summed E-state index contributed by atoms with van der Waals surface area (Å²) in [6.07, 6.45) is 1.56. The van der Waals surface area contributed by atoms with E-state index in [4.69, 9.17) is 0 Å². The number of halogens is 1. The molecule has 2 nitrogen and oxygen atoms in total. The molecule has 1 aromatic carbocycles. The van der Waals surface area contributed by atoms with Gasteiger partial charge in [-0.3, -0.25) is 4.79 Å². The molecule has 0 heterocycles. The molecular weight excluding hydrogens is 157 g/mol. The van der Waals surface area contributed by atoms with Crippen molar-refractivity contribution < 1.29 is 9.18 Å². The highest BCUT2D eigenvalue weighted by Crippen LogP contribution is 2.08. The summed E-state index contributed by atoms with van der Waals surface area (Å²) < 4.78 is 12.7. The van der Waals surface area contributed by atoms with Crippen LogP contribution in [-0.4, -0.2) is 6.41 Å². The van der Waals surface area contributed by atoms with Crippen molar-refractivity contribution in [1.82, 2.24) is 5.32 Å². The standard InChI is InChI=1S/C9H9FNO/c1-7-4-8(5-11-6-12)2-3-9(7)10/h2-4H,5H2,1H3,(H,11,12). The lowest BCUT2D eigenvalue weighted by Crippen LogP contribution is -2.09. The van der Waals surface area contributed by atoms with Gasteiger partial charge in [0.1, 0.15) is 5.82 Å². The smallest absolute Gasteiger partial charge is 0.309 e. The van der Waals surface area contributed by atoms with Crippen LogP contribution in [0.4, 0.5) is 4.39 Å². The highest BCUT2D eigenvalue weighted by Gasteiger charge is 1.97. The average Bonchev–Trinajstić information content (AvgIpc) is 2.07. The van der Waals surface area contributed by atoms with Gasteiger partial charge in [0.05, 0.1) is 0 Å². The Morgan fingerprint density at radius 1 is 1.58 bits per heavy atom. The van der Waals surface area contributed by atoms with Crippen LogP contribution in [0, 0.1) is 12.7 Å². The summed E-state index contributed by atoms with van der Waals surface area (Å²) in [5.41, 5.74) is 1.46. The van der Waals surface area contributed by atoms with Crippen molar-refractivity contribution in [3.05, 3.63) is 35.1 Å². The van der Waals surface area contributed by atoms with Gasteiger partial charge in [0.25, 0.3) is 0 Å². The largest absolute Gasteiger partial charge is 0.344 e. The number of amides is 1. The van der Waals surface area contributed by atoms with Crippen LogP contribution in [-0.2, 0) is 11.3 Å². The maximum atomic E-state index is 12.7. The number of aryl methyl sites for hydroxylation is 1. The SMILES string of the molecule is Cc1cc(CN[C]=O)ccc1F. The third-order valence-corrected chi connectivity index (χ3v) is 1.59. The van der Waals surface area contributed by atoms with Crippen LogP contribution >= 0.6 is 0 Å². The fraction of sp³-hybridized carbons (Fsp3) is 0.222. The van der Waals surface area contributed by atoms with Gasteiger partial charge >= 0.3 is 6.41 Å². The second-order valence-electron chi connectivity index (χ2n) is 2.54. The van der Waals surface area contributed by atoms with Gasteiger partial charge in [-0.05, 0) is 24.1 Å². The lowest BCUT2D eigenvalue weighted by atomic mass is 10.1. The number of nitrogens with one attached hydrogen (secondary N) is 1. The minimum Gasteiger partial charge on any atom is -0.344 e. The Morgan fingerprint density at radius 2 is 2.33 bits per heavy atom. The molecule has 0 spiro atoms. The maximum Gasteiger partial charge on any atom is 0.309 e. The fourth-order valence-electron chi connectivity index (χ4n) is 0.955. The highest BCUT2D eigenvalue weighted by molar-refractivity contribution is 5.47. The molecule has 1 rings (SSSR count). The first-order valence-electron chi connectivity index (χ1n) is 3.59. The van der Waals surface area contributed by atoms with Crippen molar-refractivity contribution >= 4 is 6.41 Å². The molecule has 63 valence electrons. The second-order valence-corrected chi connectivity index (χ2v) is 2.54. The molecule has 1 amide bonds. The summed E-state index contributed by atoms with van der Waals surface area (Å²) in [4.78, 5) is 9.82. The van der Waals surface area contributed by atoms with Gasteiger partial charge in [0.15, 0.2) is 0 Å². The van der Waals surface area contributed by atoms with Crippen LogP contribution in [0.15, 0.2) is 18.2 Å². The summed E-state index contributed by atoms with van der Waals surface area (Å²) in [5.74, 6) is -0.228. The van der Waals surface area contributed by atoms with Crippen molar-refractivity contribution in [2.24, 2.45) is 0 Å². The van der Waals surface area contributed by atoms with E-state index in [2.05, 4.69) is 5.32 Å². The Balaban J connectivity index is 2.75. The van der Waals surface area contributed by atoms with Crippen LogP contribution < -0.4 is 5.32 Å². The van der Waals surface area contributed by atoms with E-state index in [1.165, 1.54) is 6.07 Å². The topological polar surface area (TPSA) is 29.1 Å². The van der Waals surface area contributed by atoms with Gasteiger partial charge in [-0.1, -0.05) is 12.1 Å². The van der Waals surface area contributed by atoms with E-state index in [0.29, 0.717) is 12.1 Å². The van der Waals surface area contributed by atoms with E-state index in [1.807, 2.05) is 0 Å². The van der Waals surface area contributed by atoms with E-state index >= 15 is 0 Å². The lowest BCUT2D eigenvalue weighted by molar-refractivity contribution is 0.542. The molecule has 0 saturated carbocycles. The first kappa shape index (κ1) is 8.71. The Morgan fingerprint density at radius 3 is 2.92 bits per heavy atom. The number of hydrogen-bond acceptors (Lipinski definition) is 1. The van der Waals surface area contributed by atoms with Crippen LogP contribution in [0.5, 0.6) is 0 Å². The average molecular weight is 166 g/mol. The number of benzene rings is 1. The first-order valence-corrected chi connectivity index (χ1v) is 3.59. The Kier molecular flexibility index (Phi) is 2.80. The van der Waals surface area contributed by atoms with Gasteiger partial charge in [-0.15, -0.1) is 0 Å². The molecule has 0 unspecified atom stereocenters. The predicted octanol–water partition coefficient (Wildman–Crippen LogP) is 1.29. The molecule has 1 aromatic rings. The second kappa shape index (κ2) is 3.85. The predicted molar refractivity (Wildman–Crippen MR) is 43.7 cm³/mol. The molecule has 0 aliphatic carbocycles. The van der Waals surface area contributed by atoms with Gasteiger partial charge in [0, 0.05) is 6.54 Å². The number of rotatable bonds is 3. The van der Waals surface area contributed by atoms with E-state index < -0.39 is 0 Å². The van der Waals surface area contributed by atoms with Crippen LogP contribution in [0.2, 0.25) is 0 Å². The third kappa shape index (κ3) is 2.05. The van der Waals surface area contributed by atoms with Crippen LogP contribution in [0.3, 0.4) is 0 Å². The zero-order chi connectivity index (χ0) is 8.97. The van der Waals surface area contributed by atoms with Gasteiger partial charge < -0.3 is 5.32 Å². The van der Waals surface area contributed by atoms with Crippen molar-refractivity contribution in [3.8, 4) is 0 Å². The molecule has 0 aliphatic rings. The molecule has 0 bridgehead atoms. The maximum absolute atomic E-state index is 12.7. The van der Waals surface area contributed by atoms with Crippen LogP contribution in [0.25, 0.3) is 0 Å². The highest BCUT2D eigenvalue weighted by atomic mass is 19.1. The number of carbonyl (C=O) groups excluding carboxylic acids is 1. The minimum atomic E-state index is -0.228. The Labute approximate surface area is 70.4 Å². The molecule has 1 radical (unpaired) electrons. The molecule has 1 N–H and O–H groups in total. The molecule has 0 fully saturated rings. The van der Waals surface area contributed by atoms with Crippen molar-refractivity contribution in [1.29, 1.82) is 0 Å². The van der Waals surface area contributed by atoms with Crippen LogP contribution in [0.1, 0.15) is 11.1 Å². The van der Waals surface area contributed by atoms with E-state index in [-0.39, 0.29) is 5.82 Å². The summed E-state index contributed by atoms with van der Waals surface area (Å²) in [7, 11) is 0. The van der Waals surface area contributed by atoms with Crippen molar-refractivity contribution in [2.75, 3.05) is 0 Å². The summed E-state index contributed by atoms with van der Waals surface area (Å²) in [5, 5.41) is 2.38. The zero-order valence-corrected chi connectivity index (χ0v) is 6.73. The Hall–Kier alpha value is -1.38. The monoisotopic (exact) mass is 166 g/mol. The molecule has 0 aromatic heterocycles. The van der Waals surface area contributed by atoms with Gasteiger partial charge in [-0.2, -0.15) is 0 Å². The molecule has 0 aliphatic heterocycles. The molecule has 0 atom stereocenters. The molecular formula is C9H9FNO.